The van der Waals surface area contributed by atoms with Crippen LogP contribution in [0.4, 0.5) is 9.18 Å². The third-order valence-corrected chi connectivity index (χ3v) is 4.44. The summed E-state index contributed by atoms with van der Waals surface area (Å²) >= 11 is 0. The predicted molar refractivity (Wildman–Crippen MR) is 87.4 cm³/mol. The Morgan fingerprint density at radius 2 is 2.12 bits per heavy atom. The van der Waals surface area contributed by atoms with Crippen molar-refractivity contribution in [2.24, 2.45) is 11.0 Å². The third kappa shape index (κ3) is 3.32. The van der Waals surface area contributed by atoms with Crippen molar-refractivity contribution in [3.63, 3.8) is 0 Å². The van der Waals surface area contributed by atoms with Gasteiger partial charge in [-0.2, -0.15) is 0 Å². The van der Waals surface area contributed by atoms with Gasteiger partial charge in [-0.1, -0.05) is 29.8 Å². The first-order chi connectivity index (χ1) is 11.5. The number of hydrogen-bond acceptors (Lipinski definition) is 3. The van der Waals surface area contributed by atoms with E-state index in [4.69, 9.17) is 10.5 Å². The number of urea groups is 1. The molecule has 5 nitrogen and oxygen atoms in total. The Hall–Kier alpha value is -1.08. The molecule has 0 spiro atoms. The summed E-state index contributed by atoms with van der Waals surface area (Å²) in [4.78, 5) is 11.8. The number of ether oxygens (including phenoxy) is 1. The van der Waals surface area contributed by atoms with Crippen molar-refractivity contribution in [2.75, 3.05) is 6.61 Å². The fraction of sp³-hybridized carbons (Fsp3) is 0.222. The van der Waals surface area contributed by atoms with Crippen LogP contribution in [0.3, 0.4) is 0 Å². The van der Waals surface area contributed by atoms with Crippen LogP contribution in [0.25, 0.3) is 5.73 Å². The van der Waals surface area contributed by atoms with E-state index in [1.807, 2.05) is 31.2 Å². The molecule has 2 aliphatic heterocycles. The molecular weight excluding hydrogens is 395 g/mol. The molecule has 0 aliphatic carbocycles. The largest absolute Gasteiger partial charge is 1.00 e. The number of carbonyl (C=O) groups is 1. The van der Waals surface area contributed by atoms with E-state index < -0.39 is 12.1 Å². The van der Waals surface area contributed by atoms with Crippen molar-refractivity contribution in [3.8, 4) is 5.75 Å². The van der Waals surface area contributed by atoms with Crippen molar-refractivity contribution in [1.82, 2.24) is 5.01 Å². The zero-order valence-electron chi connectivity index (χ0n) is 14.0. The first kappa shape index (κ1) is 18.7. The van der Waals surface area contributed by atoms with Gasteiger partial charge in [0.1, 0.15) is 11.6 Å². The second kappa shape index (κ2) is 7.27. The number of nitrogens with zero attached hydrogens (tertiary/aromatic N) is 2. The van der Waals surface area contributed by atoms with Gasteiger partial charge in [0.05, 0.1) is 12.3 Å². The minimum Gasteiger partial charge on any atom is -0.492 e. The number of hydrazone groups is 1. The molecule has 2 aliphatic rings. The van der Waals surface area contributed by atoms with Crippen LogP contribution in [0.15, 0.2) is 47.6 Å². The van der Waals surface area contributed by atoms with E-state index in [0.717, 1.165) is 16.1 Å². The number of aryl methyl sites for hydroxylation is 1. The van der Waals surface area contributed by atoms with Crippen molar-refractivity contribution in [2.45, 2.75) is 13.0 Å². The van der Waals surface area contributed by atoms with Gasteiger partial charge in [-0.05, 0) is 30.7 Å². The molecule has 0 aromatic heterocycles. The van der Waals surface area contributed by atoms with Crippen LogP contribution in [0.2, 0.25) is 0 Å². The molecule has 0 saturated carbocycles. The van der Waals surface area contributed by atoms with Gasteiger partial charge in [0.25, 0.3) is 0 Å². The molecule has 0 saturated heterocycles. The number of hydrogen-bond donors (Lipinski definition) is 0. The molecule has 4 rings (SSSR count). The summed E-state index contributed by atoms with van der Waals surface area (Å²) in [5.41, 5.74) is 10.6. The van der Waals surface area contributed by atoms with Gasteiger partial charge in [0.15, 0.2) is 6.03 Å². The molecule has 0 fully saturated rings. The molecule has 2 aromatic carbocycles. The molecule has 0 radical (unpaired) electrons. The van der Waals surface area contributed by atoms with Crippen molar-refractivity contribution in [3.05, 3.63) is 70.7 Å². The minimum atomic E-state index is -0.888. The average molecular weight is 410 g/mol. The molecule has 2 heterocycles. The van der Waals surface area contributed by atoms with Gasteiger partial charge in [-0.3, -0.25) is 9.90 Å². The summed E-state index contributed by atoms with van der Waals surface area (Å²) in [5, 5.41) is 5.51. The van der Waals surface area contributed by atoms with Gasteiger partial charge in [-0.15, -0.1) is 0 Å². The predicted octanol–water partition coefficient (Wildman–Crippen LogP) is 1.08. The normalized spacial score (nSPS) is 20.7. The molecular formula is C18H15FN3O2Rb. The molecule has 25 heavy (non-hydrogen) atoms. The van der Waals surface area contributed by atoms with Crippen LogP contribution in [-0.4, -0.2) is 23.4 Å². The molecule has 1 N–H and O–H groups in total. The van der Waals surface area contributed by atoms with Crippen LogP contribution in [0.1, 0.15) is 22.7 Å². The number of benzene rings is 2. The Morgan fingerprint density at radius 1 is 1.32 bits per heavy atom. The Kier molecular flexibility index (Phi) is 5.44. The summed E-state index contributed by atoms with van der Waals surface area (Å²) in [7, 11) is 0. The summed E-state index contributed by atoms with van der Waals surface area (Å²) in [6.07, 6.45) is 0. The van der Waals surface area contributed by atoms with Gasteiger partial charge in [0, 0.05) is 17.5 Å². The number of rotatable bonds is 1. The van der Waals surface area contributed by atoms with Crippen LogP contribution in [0, 0.1) is 18.7 Å². The first-order valence-electron chi connectivity index (χ1n) is 7.67. The maximum atomic E-state index is 13.7. The Morgan fingerprint density at radius 3 is 2.84 bits per heavy atom. The summed E-state index contributed by atoms with van der Waals surface area (Å²) < 4.78 is 19.4. The van der Waals surface area contributed by atoms with Crippen LogP contribution < -0.4 is 62.9 Å². The first-order valence-corrected chi connectivity index (χ1v) is 7.67. The molecule has 2 amide bonds. The smallest absolute Gasteiger partial charge is 0.492 e. The number of fused-ring (bicyclic) bond motifs is 3. The Balaban J connectivity index is 0.00000182. The molecule has 2 atom stereocenters. The van der Waals surface area contributed by atoms with Gasteiger partial charge < -0.3 is 15.5 Å². The van der Waals surface area contributed by atoms with E-state index in [1.54, 1.807) is 6.07 Å². The summed E-state index contributed by atoms with van der Waals surface area (Å²) in [5.74, 6) is -0.0625. The van der Waals surface area contributed by atoms with Crippen LogP contribution in [-0.2, 0) is 0 Å². The number of amides is 2. The second-order valence-corrected chi connectivity index (χ2v) is 6.05. The monoisotopic (exact) mass is 409 g/mol. The summed E-state index contributed by atoms with van der Waals surface area (Å²) in [6.45, 7) is 2.30. The van der Waals surface area contributed by atoms with E-state index in [0.29, 0.717) is 23.6 Å². The molecule has 7 heteroatoms. The fourth-order valence-corrected chi connectivity index (χ4v) is 3.40. The van der Waals surface area contributed by atoms with Crippen LogP contribution in [0.5, 0.6) is 5.75 Å². The SMILES string of the molecule is Cc1cccc([C@@H]2[C@@H]3COc4ccc(F)cc4C3=NN2C([NH-])=O)c1.[Rb+]. The second-order valence-electron chi connectivity index (χ2n) is 6.05. The van der Waals surface area contributed by atoms with E-state index in [-0.39, 0.29) is 69.9 Å². The Labute approximate surface area is 193 Å². The summed E-state index contributed by atoms with van der Waals surface area (Å²) in [6, 6.07) is 10.7. The minimum absolute atomic E-state index is 0. The maximum Gasteiger partial charge on any atom is 1.00 e. The zero-order chi connectivity index (χ0) is 16.8. The maximum absolute atomic E-state index is 13.7. The molecule has 0 bridgehead atoms. The van der Waals surface area contributed by atoms with E-state index in [2.05, 4.69) is 5.10 Å². The van der Waals surface area contributed by atoms with E-state index in [9.17, 15) is 9.18 Å². The molecule has 122 valence electrons. The van der Waals surface area contributed by atoms with Crippen molar-refractivity contribution in [1.29, 1.82) is 0 Å². The third-order valence-electron chi connectivity index (χ3n) is 4.44. The van der Waals surface area contributed by atoms with Gasteiger partial charge >= 0.3 is 58.2 Å². The Bertz CT molecular complexity index is 871. The van der Waals surface area contributed by atoms with Gasteiger partial charge in [-0.25, -0.2) is 4.39 Å². The fourth-order valence-electron chi connectivity index (χ4n) is 3.40. The standard InChI is InChI=1S/C18H16FN3O2.Rb/c1-10-3-2-4-11(7-10)17-14-9-24-15-6-5-12(19)8-13(15)16(14)21-22(17)18(20)23;/h2-8,14,17H,9H2,1H3,(H2,20,23);/q;+1/p-1/t14-,17-;/m1./s1. The van der Waals surface area contributed by atoms with Gasteiger partial charge in [0.2, 0.25) is 0 Å². The quantitative estimate of drug-likeness (QED) is 0.707. The van der Waals surface area contributed by atoms with Crippen LogP contribution >= 0.6 is 0 Å². The van der Waals surface area contributed by atoms with Crippen molar-refractivity contribution < 1.29 is 72.1 Å². The molecule has 0 unspecified atom stereocenters. The average Bonchev–Trinajstić information content (AvgIpc) is 2.95. The topological polar surface area (TPSA) is 65.7 Å². The number of nitrogens with one attached hydrogen (secondary N) is 1. The van der Waals surface area contributed by atoms with E-state index >= 15 is 0 Å². The number of halogens is 1. The zero-order valence-corrected chi connectivity index (χ0v) is 18.9. The van der Waals surface area contributed by atoms with E-state index in [1.165, 1.54) is 12.1 Å². The number of carbonyl (C=O) groups excluding carboxylic acids is 1. The molecule has 2 aromatic rings. The van der Waals surface area contributed by atoms with Crippen molar-refractivity contribution >= 4 is 11.7 Å².